The maximum absolute atomic E-state index is 11.8. The topological polar surface area (TPSA) is 95.9 Å². The maximum atomic E-state index is 11.8. The van der Waals surface area contributed by atoms with Gasteiger partial charge in [0.2, 0.25) is 0 Å². The van der Waals surface area contributed by atoms with Gasteiger partial charge in [-0.15, -0.1) is 0 Å². The van der Waals surface area contributed by atoms with Gasteiger partial charge in [0.1, 0.15) is 11.4 Å². The standard InChI is InChI=1S/C14H17N5O2/c1-3-21-13(20)10-7-16-19(12(10)15)14-17-8(2)9-5-4-6-11(9)18-14/h7H,3-6,15H2,1-2H3. The normalized spacial score (nSPS) is 13.2. The van der Waals surface area contributed by atoms with Crippen molar-refractivity contribution in [2.75, 3.05) is 12.3 Å². The summed E-state index contributed by atoms with van der Waals surface area (Å²) in [5.41, 5.74) is 9.42. The number of carbonyl (C=O) groups excluding carboxylic acids is 1. The molecule has 0 radical (unpaired) electrons. The van der Waals surface area contributed by atoms with E-state index in [1.807, 2.05) is 6.92 Å². The number of ether oxygens (including phenoxy) is 1. The van der Waals surface area contributed by atoms with E-state index in [1.165, 1.54) is 16.4 Å². The highest BCUT2D eigenvalue weighted by Crippen LogP contribution is 2.24. The van der Waals surface area contributed by atoms with Crippen LogP contribution in [0.25, 0.3) is 5.95 Å². The Kier molecular flexibility index (Phi) is 3.32. The fraction of sp³-hybridized carbons (Fsp3) is 0.429. The summed E-state index contributed by atoms with van der Waals surface area (Å²) >= 11 is 0. The average molecular weight is 287 g/mol. The Morgan fingerprint density at radius 2 is 2.24 bits per heavy atom. The van der Waals surface area contributed by atoms with Crippen LogP contribution in [-0.2, 0) is 17.6 Å². The molecule has 0 unspecified atom stereocenters. The predicted molar refractivity (Wildman–Crippen MR) is 76.3 cm³/mol. The van der Waals surface area contributed by atoms with Crippen molar-refractivity contribution in [3.8, 4) is 5.95 Å². The number of nitrogen functional groups attached to an aromatic ring is 1. The monoisotopic (exact) mass is 287 g/mol. The number of anilines is 1. The molecule has 0 saturated carbocycles. The van der Waals surface area contributed by atoms with Crippen molar-refractivity contribution in [2.24, 2.45) is 0 Å². The van der Waals surface area contributed by atoms with Crippen molar-refractivity contribution < 1.29 is 9.53 Å². The van der Waals surface area contributed by atoms with Gasteiger partial charge in [-0.3, -0.25) is 0 Å². The summed E-state index contributed by atoms with van der Waals surface area (Å²) in [6.07, 6.45) is 4.44. The van der Waals surface area contributed by atoms with Gasteiger partial charge in [0, 0.05) is 11.4 Å². The van der Waals surface area contributed by atoms with Crippen LogP contribution >= 0.6 is 0 Å². The zero-order chi connectivity index (χ0) is 15.0. The van der Waals surface area contributed by atoms with Crippen LogP contribution in [0.1, 0.15) is 40.7 Å². The maximum Gasteiger partial charge on any atom is 0.343 e. The zero-order valence-corrected chi connectivity index (χ0v) is 12.1. The predicted octanol–water partition coefficient (Wildman–Crippen LogP) is 1.22. The molecule has 0 spiro atoms. The minimum Gasteiger partial charge on any atom is -0.462 e. The van der Waals surface area contributed by atoms with Gasteiger partial charge in [-0.1, -0.05) is 0 Å². The molecule has 0 aromatic carbocycles. The highest BCUT2D eigenvalue weighted by atomic mass is 16.5. The Hall–Kier alpha value is -2.44. The van der Waals surface area contributed by atoms with Crippen LogP contribution in [0.15, 0.2) is 6.20 Å². The van der Waals surface area contributed by atoms with Crippen LogP contribution < -0.4 is 5.73 Å². The molecular weight excluding hydrogens is 270 g/mol. The van der Waals surface area contributed by atoms with Crippen molar-refractivity contribution >= 4 is 11.8 Å². The minimum atomic E-state index is -0.487. The summed E-state index contributed by atoms with van der Waals surface area (Å²) in [6.45, 7) is 3.99. The van der Waals surface area contributed by atoms with Gasteiger partial charge in [0.25, 0.3) is 5.95 Å². The first-order chi connectivity index (χ1) is 10.1. The van der Waals surface area contributed by atoms with Crippen LogP contribution in [0, 0.1) is 6.92 Å². The number of aromatic nitrogens is 4. The lowest BCUT2D eigenvalue weighted by Gasteiger charge is -2.08. The van der Waals surface area contributed by atoms with E-state index in [4.69, 9.17) is 10.5 Å². The molecule has 2 aromatic rings. The van der Waals surface area contributed by atoms with Crippen molar-refractivity contribution in [2.45, 2.75) is 33.1 Å². The van der Waals surface area contributed by atoms with E-state index in [0.717, 1.165) is 30.7 Å². The molecule has 0 bridgehead atoms. The highest BCUT2D eigenvalue weighted by Gasteiger charge is 2.21. The molecule has 3 rings (SSSR count). The van der Waals surface area contributed by atoms with Crippen LogP contribution in [0.2, 0.25) is 0 Å². The fourth-order valence-corrected chi connectivity index (χ4v) is 2.58. The number of nitrogens with zero attached hydrogens (tertiary/aromatic N) is 4. The van der Waals surface area contributed by atoms with E-state index >= 15 is 0 Å². The molecular formula is C14H17N5O2. The molecule has 0 fully saturated rings. The molecule has 1 aliphatic rings. The number of nitrogens with two attached hydrogens (primary N) is 1. The van der Waals surface area contributed by atoms with Crippen LogP contribution in [0.3, 0.4) is 0 Å². The molecule has 0 atom stereocenters. The fourth-order valence-electron chi connectivity index (χ4n) is 2.58. The zero-order valence-electron chi connectivity index (χ0n) is 12.1. The molecule has 21 heavy (non-hydrogen) atoms. The molecule has 2 N–H and O–H groups in total. The Morgan fingerprint density at radius 1 is 1.43 bits per heavy atom. The van der Waals surface area contributed by atoms with Crippen molar-refractivity contribution in [1.29, 1.82) is 0 Å². The van der Waals surface area contributed by atoms with E-state index < -0.39 is 5.97 Å². The van der Waals surface area contributed by atoms with Crippen LogP contribution in [-0.4, -0.2) is 32.3 Å². The number of hydrogen-bond donors (Lipinski definition) is 1. The number of carbonyl (C=O) groups is 1. The lowest BCUT2D eigenvalue weighted by Crippen LogP contribution is -2.12. The number of hydrogen-bond acceptors (Lipinski definition) is 6. The van der Waals surface area contributed by atoms with E-state index in [2.05, 4.69) is 15.1 Å². The van der Waals surface area contributed by atoms with Gasteiger partial charge in [0.05, 0.1) is 12.8 Å². The average Bonchev–Trinajstić information content (AvgIpc) is 3.05. The smallest absolute Gasteiger partial charge is 0.343 e. The Bertz CT molecular complexity index is 708. The third-order valence-electron chi connectivity index (χ3n) is 3.62. The molecule has 2 heterocycles. The summed E-state index contributed by atoms with van der Waals surface area (Å²) in [6, 6.07) is 0. The second-order valence-corrected chi connectivity index (χ2v) is 4.96. The Balaban J connectivity index is 2.02. The van der Waals surface area contributed by atoms with Gasteiger partial charge in [-0.2, -0.15) is 9.78 Å². The molecule has 1 aliphatic carbocycles. The second kappa shape index (κ2) is 5.16. The Labute approximate surface area is 122 Å². The summed E-state index contributed by atoms with van der Waals surface area (Å²) in [7, 11) is 0. The Morgan fingerprint density at radius 3 is 3.00 bits per heavy atom. The van der Waals surface area contributed by atoms with Crippen LogP contribution in [0.5, 0.6) is 0 Å². The summed E-state index contributed by atoms with van der Waals surface area (Å²) in [5.74, 6) is 0.117. The van der Waals surface area contributed by atoms with Gasteiger partial charge in [0.15, 0.2) is 0 Å². The number of esters is 1. The lowest BCUT2D eigenvalue weighted by atomic mass is 10.2. The molecule has 110 valence electrons. The van der Waals surface area contributed by atoms with Crippen molar-refractivity contribution in [3.63, 3.8) is 0 Å². The second-order valence-electron chi connectivity index (χ2n) is 4.96. The third kappa shape index (κ3) is 2.24. The number of fused-ring (bicyclic) bond motifs is 1. The van der Waals surface area contributed by atoms with Gasteiger partial charge in [-0.05, 0) is 38.7 Å². The van der Waals surface area contributed by atoms with E-state index in [9.17, 15) is 4.79 Å². The SMILES string of the molecule is CCOC(=O)c1cnn(-c2nc(C)c3c(n2)CCC3)c1N. The molecule has 2 aromatic heterocycles. The van der Waals surface area contributed by atoms with Gasteiger partial charge < -0.3 is 10.5 Å². The van der Waals surface area contributed by atoms with Gasteiger partial charge >= 0.3 is 5.97 Å². The molecule has 0 aliphatic heterocycles. The number of aryl methyl sites for hydroxylation is 2. The molecule has 7 heteroatoms. The lowest BCUT2D eigenvalue weighted by molar-refractivity contribution is 0.0527. The first-order valence-corrected chi connectivity index (χ1v) is 6.99. The third-order valence-corrected chi connectivity index (χ3v) is 3.62. The molecule has 0 amide bonds. The quantitative estimate of drug-likeness (QED) is 0.853. The highest BCUT2D eigenvalue weighted by molar-refractivity contribution is 5.94. The van der Waals surface area contributed by atoms with Crippen LogP contribution in [0.4, 0.5) is 5.82 Å². The summed E-state index contributed by atoms with van der Waals surface area (Å²) < 4.78 is 6.33. The minimum absolute atomic E-state index is 0.200. The first kappa shape index (κ1) is 13.5. The van der Waals surface area contributed by atoms with Crippen molar-refractivity contribution in [1.82, 2.24) is 19.7 Å². The van der Waals surface area contributed by atoms with Crippen molar-refractivity contribution in [3.05, 3.63) is 28.7 Å². The summed E-state index contributed by atoms with van der Waals surface area (Å²) in [5, 5.41) is 4.12. The first-order valence-electron chi connectivity index (χ1n) is 6.99. The largest absolute Gasteiger partial charge is 0.462 e. The van der Waals surface area contributed by atoms with E-state index in [-0.39, 0.29) is 18.0 Å². The van der Waals surface area contributed by atoms with E-state index in [0.29, 0.717) is 5.95 Å². The molecule has 0 saturated heterocycles. The summed E-state index contributed by atoms with van der Waals surface area (Å²) in [4.78, 5) is 20.7. The molecule has 7 nitrogen and oxygen atoms in total. The van der Waals surface area contributed by atoms with E-state index in [1.54, 1.807) is 6.92 Å². The number of rotatable bonds is 3. The van der Waals surface area contributed by atoms with Gasteiger partial charge in [-0.25, -0.2) is 14.8 Å².